The van der Waals surface area contributed by atoms with Gasteiger partial charge >= 0.3 is 17.8 Å². The maximum Gasteiger partial charge on any atom is 0.446 e. The number of esters is 1. The quantitative estimate of drug-likeness (QED) is 0.576. The zero-order valence-electron chi connectivity index (χ0n) is 15.1. The van der Waals surface area contributed by atoms with Crippen molar-refractivity contribution in [1.82, 2.24) is 4.90 Å². The Balaban J connectivity index is 2.16. The van der Waals surface area contributed by atoms with Crippen molar-refractivity contribution in [3.05, 3.63) is 35.6 Å². The molecule has 28 heavy (non-hydrogen) atoms. The van der Waals surface area contributed by atoms with Gasteiger partial charge < -0.3 is 14.4 Å². The third-order valence-electron chi connectivity index (χ3n) is 4.39. The van der Waals surface area contributed by atoms with Gasteiger partial charge in [-0.1, -0.05) is 12.1 Å². The van der Waals surface area contributed by atoms with Crippen LogP contribution in [0, 0.1) is 5.82 Å². The minimum Gasteiger partial charge on any atom is -0.462 e. The van der Waals surface area contributed by atoms with Crippen molar-refractivity contribution in [2.45, 2.75) is 38.0 Å². The van der Waals surface area contributed by atoms with E-state index in [0.29, 0.717) is 13.1 Å². The van der Waals surface area contributed by atoms with E-state index < -0.39 is 35.5 Å². The molecule has 0 radical (unpaired) electrons. The molecule has 0 amide bonds. The van der Waals surface area contributed by atoms with Crippen molar-refractivity contribution in [3.63, 3.8) is 0 Å². The highest BCUT2D eigenvalue weighted by molar-refractivity contribution is 6.05. The van der Waals surface area contributed by atoms with E-state index in [-0.39, 0.29) is 12.2 Å². The van der Waals surface area contributed by atoms with Gasteiger partial charge in [-0.25, -0.2) is 9.18 Å². The number of likely N-dealkylation sites (tertiary alicyclic amines) is 1. The molecule has 0 aromatic heterocycles. The highest BCUT2D eigenvalue weighted by Gasteiger charge is 2.65. The number of alkyl halides is 3. The van der Waals surface area contributed by atoms with Gasteiger partial charge in [0.25, 0.3) is 6.02 Å². The van der Waals surface area contributed by atoms with Crippen LogP contribution in [0.5, 0.6) is 0 Å². The van der Waals surface area contributed by atoms with E-state index in [1.807, 2.05) is 0 Å². The number of ether oxygens (including phenoxy) is 2. The highest BCUT2D eigenvalue weighted by atomic mass is 19.4. The molecule has 1 fully saturated rings. The average Bonchev–Trinajstić information content (AvgIpc) is 2.68. The topological polar surface area (TPSA) is 63.5 Å². The molecule has 0 bridgehead atoms. The van der Waals surface area contributed by atoms with E-state index in [2.05, 4.69) is 14.7 Å². The second-order valence-electron chi connectivity index (χ2n) is 6.33. The first kappa shape index (κ1) is 20.1. The Hall–Kier alpha value is -2.65. The number of hydrogen-bond donors (Lipinski definition) is 0. The van der Waals surface area contributed by atoms with Crippen molar-refractivity contribution in [3.8, 4) is 0 Å². The number of amidine groups is 1. The molecule has 1 aromatic rings. The number of carbonyl (C=O) groups excluding carboxylic acids is 1. The van der Waals surface area contributed by atoms with E-state index in [9.17, 15) is 22.4 Å². The molecule has 6 nitrogen and oxygen atoms in total. The van der Waals surface area contributed by atoms with Crippen LogP contribution in [0.15, 0.2) is 34.3 Å². The Morgan fingerprint density at radius 1 is 1.21 bits per heavy atom. The normalized spacial score (nSPS) is 22.8. The molecular weight excluding hydrogens is 382 g/mol. The van der Waals surface area contributed by atoms with Crippen LogP contribution in [0.1, 0.15) is 31.7 Å². The van der Waals surface area contributed by atoms with E-state index in [0.717, 1.165) is 25.3 Å². The molecule has 2 heterocycles. The van der Waals surface area contributed by atoms with Crippen LogP contribution in [0.25, 0.3) is 0 Å². The molecule has 0 aliphatic carbocycles. The molecule has 152 valence electrons. The fourth-order valence-electron chi connectivity index (χ4n) is 2.98. The number of rotatable bonds is 3. The van der Waals surface area contributed by atoms with Gasteiger partial charge in [-0.2, -0.15) is 23.2 Å². The van der Waals surface area contributed by atoms with E-state index >= 15 is 0 Å². The lowest BCUT2D eigenvalue weighted by Gasteiger charge is -2.35. The molecule has 10 heteroatoms. The van der Waals surface area contributed by atoms with Gasteiger partial charge in [0, 0.05) is 13.1 Å². The van der Waals surface area contributed by atoms with Crippen LogP contribution in [0.3, 0.4) is 0 Å². The van der Waals surface area contributed by atoms with Crippen LogP contribution in [0.4, 0.5) is 17.6 Å². The molecule has 1 saturated heterocycles. The second-order valence-corrected chi connectivity index (χ2v) is 6.33. The predicted octanol–water partition coefficient (Wildman–Crippen LogP) is 3.27. The molecule has 3 rings (SSSR count). The first-order valence-corrected chi connectivity index (χ1v) is 8.90. The lowest BCUT2D eigenvalue weighted by molar-refractivity contribution is -0.204. The van der Waals surface area contributed by atoms with Crippen LogP contribution >= 0.6 is 0 Å². The Labute approximate surface area is 158 Å². The van der Waals surface area contributed by atoms with Crippen molar-refractivity contribution >= 4 is 17.9 Å². The minimum atomic E-state index is -5.21. The van der Waals surface area contributed by atoms with Gasteiger partial charge in [0.2, 0.25) is 5.90 Å². The summed E-state index contributed by atoms with van der Waals surface area (Å²) in [5.41, 5.74) is -3.85. The van der Waals surface area contributed by atoms with E-state index in [1.54, 1.807) is 0 Å². The fourth-order valence-corrected chi connectivity index (χ4v) is 2.98. The van der Waals surface area contributed by atoms with Crippen molar-refractivity contribution in [2.24, 2.45) is 9.98 Å². The van der Waals surface area contributed by atoms with Crippen molar-refractivity contribution in [1.29, 1.82) is 0 Å². The zero-order chi connectivity index (χ0) is 20.4. The van der Waals surface area contributed by atoms with Crippen molar-refractivity contribution < 1.29 is 31.8 Å². The Bertz CT molecular complexity index is 804. The molecule has 0 unspecified atom stereocenters. The number of carbonyl (C=O) groups is 1. The maximum atomic E-state index is 14.2. The molecular formula is C18H19F4N3O3. The second kappa shape index (κ2) is 7.76. The van der Waals surface area contributed by atoms with E-state index in [1.165, 1.54) is 30.0 Å². The molecule has 2 aliphatic heterocycles. The molecule has 1 aromatic carbocycles. The SMILES string of the molecule is CCOC(=O)[C@@]1(C(F)(F)F)N=C(c2ccccc2F)OC(N2CCCCC2)=N1. The average molecular weight is 401 g/mol. The van der Waals surface area contributed by atoms with Gasteiger partial charge in [0.15, 0.2) is 0 Å². The third kappa shape index (κ3) is 3.67. The number of halogens is 4. The van der Waals surface area contributed by atoms with E-state index in [4.69, 9.17) is 4.74 Å². The summed E-state index contributed by atoms with van der Waals surface area (Å²) in [5.74, 6) is -3.19. The van der Waals surface area contributed by atoms with Gasteiger partial charge in [-0.05, 0) is 38.3 Å². The summed E-state index contributed by atoms with van der Waals surface area (Å²) in [6, 6.07) is 4.67. The van der Waals surface area contributed by atoms with Crippen LogP contribution in [0.2, 0.25) is 0 Å². The summed E-state index contributed by atoms with van der Waals surface area (Å²) >= 11 is 0. The molecule has 1 atom stereocenters. The monoisotopic (exact) mass is 401 g/mol. The van der Waals surface area contributed by atoms with Crippen molar-refractivity contribution in [2.75, 3.05) is 19.7 Å². The number of aliphatic imine (C=N–C) groups is 2. The standard InChI is InChI=1S/C18H19F4N3O3/c1-2-27-15(26)17(18(20,21)22)23-14(12-8-4-5-9-13(12)19)28-16(24-17)25-10-6-3-7-11-25/h4-5,8-9H,2-3,6-7,10-11H2,1H3/t17-/m1/s1. The van der Waals surface area contributed by atoms with Gasteiger partial charge in [-0.15, -0.1) is 0 Å². The summed E-state index contributed by atoms with van der Waals surface area (Å²) in [6.45, 7) is 1.88. The van der Waals surface area contributed by atoms with Crippen LogP contribution < -0.4 is 0 Å². The number of nitrogens with zero attached hydrogens (tertiary/aromatic N) is 3. The number of hydrogen-bond acceptors (Lipinski definition) is 6. The summed E-state index contributed by atoms with van der Waals surface area (Å²) in [7, 11) is 0. The number of piperidine rings is 1. The minimum absolute atomic E-state index is 0.295. The Kier molecular flexibility index (Phi) is 5.57. The molecule has 2 aliphatic rings. The highest BCUT2D eigenvalue weighted by Crippen LogP contribution is 2.39. The zero-order valence-corrected chi connectivity index (χ0v) is 15.1. The maximum absolute atomic E-state index is 14.2. The summed E-state index contributed by atoms with van der Waals surface area (Å²) in [4.78, 5) is 20.8. The van der Waals surface area contributed by atoms with Gasteiger partial charge in [-0.3, -0.25) is 0 Å². The van der Waals surface area contributed by atoms with Crippen LogP contribution in [-0.4, -0.2) is 54.3 Å². The molecule has 0 saturated carbocycles. The lowest BCUT2D eigenvalue weighted by Crippen LogP contribution is -2.55. The smallest absolute Gasteiger partial charge is 0.446 e. The Morgan fingerprint density at radius 2 is 1.89 bits per heavy atom. The largest absolute Gasteiger partial charge is 0.462 e. The first-order chi connectivity index (χ1) is 13.3. The Morgan fingerprint density at radius 3 is 2.50 bits per heavy atom. The summed E-state index contributed by atoms with van der Waals surface area (Å²) < 4.78 is 66.4. The third-order valence-corrected chi connectivity index (χ3v) is 4.39. The van der Waals surface area contributed by atoms with Gasteiger partial charge in [0.05, 0.1) is 12.2 Å². The number of benzene rings is 1. The fraction of sp³-hybridized carbons (Fsp3) is 0.500. The molecule has 0 N–H and O–H groups in total. The van der Waals surface area contributed by atoms with Gasteiger partial charge in [0.1, 0.15) is 5.82 Å². The predicted molar refractivity (Wildman–Crippen MR) is 92.3 cm³/mol. The molecule has 0 spiro atoms. The van der Waals surface area contributed by atoms with Crippen LogP contribution in [-0.2, 0) is 14.3 Å². The summed E-state index contributed by atoms with van der Waals surface area (Å²) in [5, 5.41) is 0. The summed E-state index contributed by atoms with van der Waals surface area (Å²) in [6.07, 6.45) is -2.83. The first-order valence-electron chi connectivity index (χ1n) is 8.90. The lowest BCUT2D eigenvalue weighted by atomic mass is 10.1.